The molecule has 0 aliphatic carbocycles. The summed E-state index contributed by atoms with van der Waals surface area (Å²) in [5.41, 5.74) is -2.36. The van der Waals surface area contributed by atoms with Crippen LogP contribution in [0.3, 0.4) is 0 Å². The van der Waals surface area contributed by atoms with E-state index >= 15 is 0 Å². The summed E-state index contributed by atoms with van der Waals surface area (Å²) in [5, 5.41) is 9.46. The second-order valence-electron chi connectivity index (χ2n) is 10.8. The van der Waals surface area contributed by atoms with Gasteiger partial charge in [0.05, 0.1) is 17.4 Å². The molecular weight excluding hydrogens is 422 g/mol. The van der Waals surface area contributed by atoms with Gasteiger partial charge in [-0.2, -0.15) is 0 Å². The smallest absolute Gasteiger partial charge is 0.249 e. The standard InChI is InChI=1S/C25H39N3O5/c1-8-13-26(7)20(30)17-18-21(31)27(15-10-16-29)19(25(18)12-11-24(17,6)33-25)22(32)28(14-9-2)23(3,4)5/h8-9,17-19,29H,1-2,10-16H2,3-7H3/t17-,18+,19?,24+,25?/m1/s1. The average molecular weight is 462 g/mol. The van der Waals surface area contributed by atoms with Gasteiger partial charge in [0, 0.05) is 38.8 Å². The van der Waals surface area contributed by atoms with Crippen molar-refractivity contribution < 1.29 is 24.2 Å². The van der Waals surface area contributed by atoms with Gasteiger partial charge in [-0.1, -0.05) is 12.2 Å². The number of rotatable bonds is 9. The van der Waals surface area contributed by atoms with Crippen LogP contribution in [0.15, 0.2) is 25.3 Å². The van der Waals surface area contributed by atoms with Gasteiger partial charge in [0.1, 0.15) is 11.6 Å². The number of carbonyl (C=O) groups is 3. The first-order valence-electron chi connectivity index (χ1n) is 11.8. The van der Waals surface area contributed by atoms with E-state index in [4.69, 9.17) is 4.74 Å². The van der Waals surface area contributed by atoms with E-state index in [9.17, 15) is 19.5 Å². The molecule has 0 saturated carbocycles. The van der Waals surface area contributed by atoms with Gasteiger partial charge in [0.2, 0.25) is 17.7 Å². The van der Waals surface area contributed by atoms with E-state index in [2.05, 4.69) is 13.2 Å². The lowest BCUT2D eigenvalue weighted by Gasteiger charge is -2.42. The minimum absolute atomic E-state index is 0.0962. The number of aliphatic hydroxyl groups excluding tert-OH is 1. The average Bonchev–Trinajstić information content (AvgIpc) is 3.29. The molecule has 0 aromatic rings. The quantitative estimate of drug-likeness (QED) is 0.527. The van der Waals surface area contributed by atoms with Crippen molar-refractivity contribution in [1.82, 2.24) is 14.7 Å². The molecule has 2 bridgehead atoms. The molecule has 8 nitrogen and oxygen atoms in total. The first-order valence-corrected chi connectivity index (χ1v) is 11.8. The summed E-state index contributed by atoms with van der Waals surface area (Å²) in [7, 11) is 1.70. The molecular formula is C25H39N3O5. The van der Waals surface area contributed by atoms with Crippen LogP contribution in [0.2, 0.25) is 0 Å². The van der Waals surface area contributed by atoms with E-state index in [1.54, 1.807) is 33.9 Å². The molecule has 3 heterocycles. The zero-order chi connectivity index (χ0) is 24.8. The highest BCUT2D eigenvalue weighted by Gasteiger charge is 2.78. The largest absolute Gasteiger partial charge is 0.396 e. The topological polar surface area (TPSA) is 90.4 Å². The van der Waals surface area contributed by atoms with Gasteiger partial charge in [-0.25, -0.2) is 0 Å². The van der Waals surface area contributed by atoms with Crippen LogP contribution in [0.4, 0.5) is 0 Å². The number of nitrogens with zero attached hydrogens (tertiary/aromatic N) is 3. The fraction of sp³-hybridized carbons (Fsp3) is 0.720. The molecule has 3 fully saturated rings. The van der Waals surface area contributed by atoms with Crippen molar-refractivity contribution in [1.29, 1.82) is 0 Å². The van der Waals surface area contributed by atoms with Crippen LogP contribution in [0.25, 0.3) is 0 Å². The van der Waals surface area contributed by atoms with Crippen LogP contribution in [-0.4, -0.2) is 93.6 Å². The predicted molar refractivity (Wildman–Crippen MR) is 125 cm³/mol. The number of hydrogen-bond acceptors (Lipinski definition) is 5. The highest BCUT2D eigenvalue weighted by molar-refractivity contribution is 5.99. The summed E-state index contributed by atoms with van der Waals surface area (Å²) in [6, 6.07) is -0.843. The van der Waals surface area contributed by atoms with Gasteiger partial charge in [0.25, 0.3) is 0 Å². The molecule has 3 rings (SSSR count). The van der Waals surface area contributed by atoms with Crippen LogP contribution in [-0.2, 0) is 19.1 Å². The van der Waals surface area contributed by atoms with E-state index < -0.39 is 34.6 Å². The third-order valence-electron chi connectivity index (χ3n) is 7.50. The number of likely N-dealkylation sites (N-methyl/N-ethyl adjacent to an activating group) is 1. The number of likely N-dealkylation sites (tertiary alicyclic amines) is 1. The van der Waals surface area contributed by atoms with Crippen LogP contribution < -0.4 is 0 Å². The second-order valence-corrected chi connectivity index (χ2v) is 10.8. The summed E-state index contributed by atoms with van der Waals surface area (Å²) in [4.78, 5) is 46.3. The minimum Gasteiger partial charge on any atom is -0.396 e. The van der Waals surface area contributed by atoms with Gasteiger partial charge in [-0.15, -0.1) is 13.2 Å². The number of hydrogen-bond donors (Lipinski definition) is 1. The molecule has 3 aliphatic heterocycles. The molecule has 0 aromatic heterocycles. The fourth-order valence-corrected chi connectivity index (χ4v) is 6.05. The van der Waals surface area contributed by atoms with Crippen molar-refractivity contribution in [2.45, 2.75) is 69.7 Å². The maximum Gasteiger partial charge on any atom is 0.249 e. The predicted octanol–water partition coefficient (Wildman–Crippen LogP) is 1.59. The van der Waals surface area contributed by atoms with Crippen molar-refractivity contribution >= 4 is 17.7 Å². The maximum atomic E-state index is 14.1. The third-order valence-corrected chi connectivity index (χ3v) is 7.50. The highest BCUT2D eigenvalue weighted by Crippen LogP contribution is 2.63. The number of aliphatic hydroxyl groups is 1. The van der Waals surface area contributed by atoms with Crippen molar-refractivity contribution in [2.75, 3.05) is 33.3 Å². The molecule has 184 valence electrons. The molecule has 1 N–H and O–H groups in total. The fourth-order valence-electron chi connectivity index (χ4n) is 6.05. The Morgan fingerprint density at radius 1 is 1.21 bits per heavy atom. The molecule has 5 atom stereocenters. The van der Waals surface area contributed by atoms with E-state index in [0.717, 1.165) is 0 Å². The van der Waals surface area contributed by atoms with Crippen LogP contribution in [0, 0.1) is 11.8 Å². The van der Waals surface area contributed by atoms with E-state index in [0.29, 0.717) is 32.4 Å². The molecule has 3 aliphatic rings. The molecule has 3 saturated heterocycles. The summed E-state index contributed by atoms with van der Waals surface area (Å²) in [6.07, 6.45) is 4.81. The molecule has 1 spiro atoms. The first-order chi connectivity index (χ1) is 15.4. The zero-order valence-electron chi connectivity index (χ0n) is 20.7. The van der Waals surface area contributed by atoms with Gasteiger partial charge < -0.3 is 24.5 Å². The van der Waals surface area contributed by atoms with Gasteiger partial charge in [-0.05, 0) is 47.0 Å². The van der Waals surface area contributed by atoms with E-state index in [1.807, 2.05) is 27.7 Å². The maximum absolute atomic E-state index is 14.1. The van der Waals surface area contributed by atoms with Crippen molar-refractivity contribution in [3.8, 4) is 0 Å². The molecule has 2 unspecified atom stereocenters. The van der Waals surface area contributed by atoms with Crippen LogP contribution in [0.1, 0.15) is 47.0 Å². The Kier molecular flexibility index (Phi) is 6.84. The molecule has 33 heavy (non-hydrogen) atoms. The Bertz CT molecular complexity index is 836. The lowest BCUT2D eigenvalue weighted by Crippen LogP contribution is -2.60. The number of carbonyl (C=O) groups excluding carboxylic acids is 3. The monoisotopic (exact) mass is 461 g/mol. The number of ether oxygens (including phenoxy) is 1. The zero-order valence-corrected chi connectivity index (χ0v) is 20.7. The number of fused-ring (bicyclic) bond motifs is 1. The Hall–Kier alpha value is -2.19. The minimum atomic E-state index is -1.06. The normalized spacial score (nSPS) is 32.6. The lowest BCUT2D eigenvalue weighted by atomic mass is 9.66. The van der Waals surface area contributed by atoms with E-state index in [1.165, 1.54) is 0 Å². The summed E-state index contributed by atoms with van der Waals surface area (Å²) in [6.45, 7) is 16.1. The summed E-state index contributed by atoms with van der Waals surface area (Å²) in [5.74, 6) is -1.99. The number of amides is 3. The van der Waals surface area contributed by atoms with Crippen LogP contribution >= 0.6 is 0 Å². The molecule has 0 radical (unpaired) electrons. The van der Waals surface area contributed by atoms with Crippen molar-refractivity contribution in [3.05, 3.63) is 25.3 Å². The van der Waals surface area contributed by atoms with E-state index in [-0.39, 0.29) is 30.9 Å². The second kappa shape index (κ2) is 8.87. The first kappa shape index (κ1) is 25.4. The van der Waals surface area contributed by atoms with Gasteiger partial charge in [0.15, 0.2) is 0 Å². The SMILES string of the molecule is C=CCN(C)C(=O)[C@H]1[C@H]2C(=O)N(CCCO)C(C(=O)N(CC=C)C(C)(C)C)C23CC[C@]1(C)O3. The Morgan fingerprint density at radius 3 is 2.39 bits per heavy atom. The van der Waals surface area contributed by atoms with Crippen molar-refractivity contribution in [2.24, 2.45) is 11.8 Å². The van der Waals surface area contributed by atoms with Crippen molar-refractivity contribution in [3.63, 3.8) is 0 Å². The molecule has 3 amide bonds. The molecule has 8 heteroatoms. The Balaban J connectivity index is 2.10. The summed E-state index contributed by atoms with van der Waals surface area (Å²) >= 11 is 0. The summed E-state index contributed by atoms with van der Waals surface area (Å²) < 4.78 is 6.62. The third kappa shape index (κ3) is 3.91. The lowest BCUT2D eigenvalue weighted by molar-refractivity contribution is -0.155. The highest BCUT2D eigenvalue weighted by atomic mass is 16.5. The Labute approximate surface area is 197 Å². The Morgan fingerprint density at radius 2 is 1.85 bits per heavy atom. The van der Waals surface area contributed by atoms with Gasteiger partial charge >= 0.3 is 0 Å². The van der Waals surface area contributed by atoms with Crippen LogP contribution in [0.5, 0.6) is 0 Å². The van der Waals surface area contributed by atoms with Gasteiger partial charge in [-0.3, -0.25) is 14.4 Å². The molecule has 0 aromatic carbocycles.